The van der Waals surface area contributed by atoms with E-state index < -0.39 is 6.04 Å². The van der Waals surface area contributed by atoms with Crippen LogP contribution in [0.3, 0.4) is 0 Å². The molecule has 6 heteroatoms. The molecule has 1 aliphatic rings. The molecule has 2 aromatic carbocycles. The van der Waals surface area contributed by atoms with Crippen LogP contribution in [0, 0.1) is 6.92 Å². The van der Waals surface area contributed by atoms with Gasteiger partial charge in [-0.05, 0) is 76.4 Å². The molecule has 0 heterocycles. The molecule has 0 aromatic heterocycles. The second kappa shape index (κ2) is 12.1. The van der Waals surface area contributed by atoms with Crippen LogP contribution in [0.15, 0.2) is 46.9 Å². The number of nitrogens with one attached hydrogen (secondary N) is 1. The van der Waals surface area contributed by atoms with Crippen molar-refractivity contribution < 1.29 is 14.3 Å². The average Bonchev–Trinajstić information content (AvgIpc) is 3.31. The van der Waals surface area contributed by atoms with Crippen LogP contribution < -0.4 is 10.1 Å². The van der Waals surface area contributed by atoms with E-state index in [0.717, 1.165) is 41.3 Å². The van der Waals surface area contributed by atoms with Crippen molar-refractivity contribution in [1.82, 2.24) is 10.2 Å². The molecule has 1 aliphatic carbocycles. The smallest absolute Gasteiger partial charge is 0.261 e. The Labute approximate surface area is 218 Å². The number of ether oxygens (including phenoxy) is 1. The first-order valence-electron chi connectivity index (χ1n) is 12.7. The number of amides is 2. The molecule has 1 fully saturated rings. The summed E-state index contributed by atoms with van der Waals surface area (Å²) in [6, 6.07) is 13.6. The Balaban J connectivity index is 1.78. The van der Waals surface area contributed by atoms with Crippen molar-refractivity contribution in [3.8, 4) is 5.75 Å². The second-order valence-electron chi connectivity index (χ2n) is 10.5. The Kier molecular flexibility index (Phi) is 9.40. The van der Waals surface area contributed by atoms with Gasteiger partial charge in [0, 0.05) is 12.6 Å². The molecule has 0 radical (unpaired) electrons. The van der Waals surface area contributed by atoms with E-state index in [2.05, 4.69) is 42.0 Å². The zero-order valence-electron chi connectivity index (χ0n) is 21.7. The van der Waals surface area contributed by atoms with Gasteiger partial charge in [-0.3, -0.25) is 9.59 Å². The predicted molar refractivity (Wildman–Crippen MR) is 145 cm³/mol. The molecule has 0 aliphatic heterocycles. The highest BCUT2D eigenvalue weighted by Crippen LogP contribution is 2.31. The maximum atomic E-state index is 13.5. The van der Waals surface area contributed by atoms with Crippen molar-refractivity contribution in [1.29, 1.82) is 0 Å². The third kappa shape index (κ3) is 7.33. The molecule has 1 N–H and O–H groups in total. The molecular formula is C29H39BrN2O3. The van der Waals surface area contributed by atoms with Gasteiger partial charge in [-0.15, -0.1) is 0 Å². The molecule has 1 atom stereocenters. The van der Waals surface area contributed by atoms with Gasteiger partial charge in [0.05, 0.1) is 4.47 Å². The minimum atomic E-state index is -0.544. The first kappa shape index (κ1) is 27.3. The van der Waals surface area contributed by atoms with Crippen LogP contribution in [0.25, 0.3) is 0 Å². The van der Waals surface area contributed by atoms with E-state index in [4.69, 9.17) is 4.74 Å². The normalized spacial score (nSPS) is 15.0. The van der Waals surface area contributed by atoms with Crippen molar-refractivity contribution in [3.05, 3.63) is 63.6 Å². The summed E-state index contributed by atoms with van der Waals surface area (Å²) in [5, 5.41) is 3.19. The number of nitrogens with zero attached hydrogens (tertiary/aromatic N) is 1. The van der Waals surface area contributed by atoms with Crippen LogP contribution in [0.4, 0.5) is 0 Å². The zero-order chi connectivity index (χ0) is 25.6. The minimum Gasteiger partial charge on any atom is -0.483 e. The Morgan fingerprint density at radius 1 is 1.14 bits per heavy atom. The van der Waals surface area contributed by atoms with E-state index in [1.54, 1.807) is 4.90 Å². The van der Waals surface area contributed by atoms with Crippen LogP contribution in [0.1, 0.15) is 76.5 Å². The lowest BCUT2D eigenvalue weighted by atomic mass is 9.87. The van der Waals surface area contributed by atoms with Crippen LogP contribution in [0.2, 0.25) is 0 Å². The molecule has 0 spiro atoms. The topological polar surface area (TPSA) is 58.6 Å². The quantitative estimate of drug-likeness (QED) is 0.404. The van der Waals surface area contributed by atoms with Gasteiger partial charge < -0.3 is 15.0 Å². The molecule has 0 saturated heterocycles. The summed E-state index contributed by atoms with van der Waals surface area (Å²) >= 11 is 3.59. The first-order chi connectivity index (χ1) is 16.6. The Bertz CT molecular complexity index is 1020. The van der Waals surface area contributed by atoms with Gasteiger partial charge in [-0.25, -0.2) is 0 Å². The summed E-state index contributed by atoms with van der Waals surface area (Å²) in [4.78, 5) is 28.5. The lowest BCUT2D eigenvalue weighted by molar-refractivity contribution is -0.143. The van der Waals surface area contributed by atoms with Gasteiger partial charge in [-0.2, -0.15) is 0 Å². The molecular weight excluding hydrogens is 504 g/mol. The molecule has 2 amide bonds. The van der Waals surface area contributed by atoms with Crippen LogP contribution in [-0.4, -0.2) is 35.4 Å². The van der Waals surface area contributed by atoms with Crippen LogP contribution in [-0.2, 0) is 21.5 Å². The van der Waals surface area contributed by atoms with Crippen LogP contribution >= 0.6 is 15.9 Å². The number of hydrogen-bond acceptors (Lipinski definition) is 3. The molecule has 1 saturated carbocycles. The highest BCUT2D eigenvalue weighted by Gasteiger charge is 2.31. The Morgan fingerprint density at radius 3 is 2.43 bits per heavy atom. The Morgan fingerprint density at radius 2 is 1.83 bits per heavy atom. The number of benzene rings is 2. The van der Waals surface area contributed by atoms with Gasteiger partial charge in [0.1, 0.15) is 11.8 Å². The van der Waals surface area contributed by atoms with Crippen molar-refractivity contribution in [2.45, 2.75) is 90.8 Å². The van der Waals surface area contributed by atoms with E-state index in [1.165, 1.54) is 5.56 Å². The van der Waals surface area contributed by atoms with Gasteiger partial charge in [0.25, 0.3) is 5.91 Å². The highest BCUT2D eigenvalue weighted by atomic mass is 79.9. The summed E-state index contributed by atoms with van der Waals surface area (Å²) < 4.78 is 6.77. The van der Waals surface area contributed by atoms with Crippen molar-refractivity contribution in [3.63, 3.8) is 0 Å². The van der Waals surface area contributed by atoms with Gasteiger partial charge in [0.2, 0.25) is 5.91 Å². The Hall–Kier alpha value is -2.34. The van der Waals surface area contributed by atoms with Gasteiger partial charge in [-0.1, -0.05) is 70.9 Å². The number of halogens is 1. The number of hydrogen-bond donors (Lipinski definition) is 1. The standard InChI is InChI=1S/C29H39BrN2O3/c1-6-25(28(34)31-23-13-9-10-14-23)32(18-21-12-8-7-11-20(21)2)27(33)19-35-26-16-15-22(17-24(26)30)29(3,4)5/h7-8,11-12,15-17,23,25H,6,9-10,13-14,18-19H2,1-5H3,(H,31,34)/t25-/m1/s1. The van der Waals surface area contributed by atoms with Gasteiger partial charge in [0.15, 0.2) is 6.61 Å². The number of carbonyl (C=O) groups excluding carboxylic acids is 2. The summed E-state index contributed by atoms with van der Waals surface area (Å²) in [5.41, 5.74) is 3.32. The molecule has 0 bridgehead atoms. The molecule has 5 nitrogen and oxygen atoms in total. The fourth-order valence-electron chi connectivity index (χ4n) is 4.56. The number of carbonyl (C=O) groups is 2. The molecule has 0 unspecified atom stereocenters. The lowest BCUT2D eigenvalue weighted by Crippen LogP contribution is -2.52. The molecule has 2 aromatic rings. The monoisotopic (exact) mass is 542 g/mol. The number of rotatable bonds is 9. The summed E-state index contributed by atoms with van der Waals surface area (Å²) in [7, 11) is 0. The molecule has 35 heavy (non-hydrogen) atoms. The summed E-state index contributed by atoms with van der Waals surface area (Å²) in [6.45, 7) is 10.7. The third-order valence-electron chi connectivity index (χ3n) is 6.84. The maximum Gasteiger partial charge on any atom is 0.261 e. The summed E-state index contributed by atoms with van der Waals surface area (Å²) in [6.07, 6.45) is 4.85. The molecule has 190 valence electrons. The van der Waals surface area contributed by atoms with Crippen LogP contribution in [0.5, 0.6) is 5.75 Å². The van der Waals surface area contributed by atoms with Gasteiger partial charge >= 0.3 is 0 Å². The SMILES string of the molecule is CC[C@H](C(=O)NC1CCCC1)N(Cc1ccccc1C)C(=O)COc1ccc(C(C)(C)C)cc1Br. The highest BCUT2D eigenvalue weighted by molar-refractivity contribution is 9.10. The summed E-state index contributed by atoms with van der Waals surface area (Å²) in [5.74, 6) is 0.344. The fraction of sp³-hybridized carbons (Fsp3) is 0.517. The predicted octanol–water partition coefficient (Wildman–Crippen LogP) is 6.30. The number of aryl methyl sites for hydroxylation is 1. The third-order valence-corrected chi connectivity index (χ3v) is 7.46. The fourth-order valence-corrected chi connectivity index (χ4v) is 5.06. The van der Waals surface area contributed by atoms with Crippen molar-refractivity contribution >= 4 is 27.7 Å². The van der Waals surface area contributed by atoms with E-state index in [0.29, 0.717) is 18.7 Å². The largest absolute Gasteiger partial charge is 0.483 e. The van der Waals surface area contributed by atoms with E-state index in [-0.39, 0.29) is 29.9 Å². The van der Waals surface area contributed by atoms with E-state index >= 15 is 0 Å². The lowest BCUT2D eigenvalue weighted by Gasteiger charge is -2.32. The maximum absolute atomic E-state index is 13.5. The minimum absolute atomic E-state index is 0.0161. The second-order valence-corrected chi connectivity index (χ2v) is 11.4. The average molecular weight is 544 g/mol. The first-order valence-corrected chi connectivity index (χ1v) is 13.5. The zero-order valence-corrected chi connectivity index (χ0v) is 23.3. The van der Waals surface area contributed by atoms with E-state index in [1.807, 2.05) is 56.3 Å². The van der Waals surface area contributed by atoms with E-state index in [9.17, 15) is 9.59 Å². The van der Waals surface area contributed by atoms with Crippen molar-refractivity contribution in [2.24, 2.45) is 0 Å². The van der Waals surface area contributed by atoms with Crippen molar-refractivity contribution in [2.75, 3.05) is 6.61 Å². The molecule has 3 rings (SSSR count).